The van der Waals surface area contributed by atoms with Crippen LogP contribution in [-0.2, 0) is 0 Å². The van der Waals surface area contributed by atoms with E-state index in [1.54, 1.807) is 32.7 Å². The Labute approximate surface area is 118 Å². The van der Waals surface area contributed by atoms with Crippen molar-refractivity contribution in [2.75, 3.05) is 14.2 Å². The molecule has 0 aliphatic carbocycles. The van der Waals surface area contributed by atoms with Crippen LogP contribution in [0.25, 0.3) is 12.2 Å². The van der Waals surface area contributed by atoms with E-state index in [0.717, 1.165) is 11.1 Å². The van der Waals surface area contributed by atoms with Crippen LogP contribution in [-0.4, -0.2) is 19.2 Å². The van der Waals surface area contributed by atoms with Crippen LogP contribution in [0.1, 0.15) is 16.7 Å². The fraction of sp³-hybridized carbons (Fsp3) is 0.118. The summed E-state index contributed by atoms with van der Waals surface area (Å²) in [5.74, 6) is 3.95. The average molecular weight is 265 g/mol. The van der Waals surface area contributed by atoms with Gasteiger partial charge in [0.15, 0.2) is 0 Å². The van der Waals surface area contributed by atoms with Crippen molar-refractivity contribution in [1.29, 1.82) is 0 Å². The van der Waals surface area contributed by atoms with E-state index in [0.29, 0.717) is 17.1 Å². The fourth-order valence-electron chi connectivity index (χ4n) is 1.82. The SMILES string of the molecule is C#Cc1cc(OC)c(C=Cc2ccncc2)cc1OC. The number of hydrogen-bond donors (Lipinski definition) is 0. The largest absolute Gasteiger partial charge is 0.496 e. The van der Waals surface area contributed by atoms with Crippen LogP contribution in [0.5, 0.6) is 11.5 Å². The summed E-state index contributed by atoms with van der Waals surface area (Å²) in [6.45, 7) is 0. The molecule has 0 amide bonds. The van der Waals surface area contributed by atoms with Gasteiger partial charge in [-0.05, 0) is 23.8 Å². The van der Waals surface area contributed by atoms with Crippen molar-refractivity contribution in [3.8, 4) is 23.8 Å². The molecule has 0 spiro atoms. The first kappa shape index (κ1) is 13.7. The van der Waals surface area contributed by atoms with E-state index in [9.17, 15) is 0 Å². The predicted molar refractivity (Wildman–Crippen MR) is 80.6 cm³/mol. The lowest BCUT2D eigenvalue weighted by molar-refractivity contribution is 0.401. The Hall–Kier alpha value is -2.73. The van der Waals surface area contributed by atoms with E-state index in [2.05, 4.69) is 10.9 Å². The zero-order valence-corrected chi connectivity index (χ0v) is 11.5. The Morgan fingerprint density at radius 3 is 2.35 bits per heavy atom. The maximum absolute atomic E-state index is 5.45. The van der Waals surface area contributed by atoms with Crippen LogP contribution in [0.4, 0.5) is 0 Å². The maximum atomic E-state index is 5.45. The number of methoxy groups -OCH3 is 2. The monoisotopic (exact) mass is 265 g/mol. The standard InChI is InChI=1S/C17H15NO2/c1-4-14-11-17(20-3)15(12-16(14)19-2)6-5-13-7-9-18-10-8-13/h1,5-12H,2-3H3. The molecule has 1 heterocycles. The van der Waals surface area contributed by atoms with E-state index in [1.165, 1.54) is 0 Å². The molecule has 0 aliphatic rings. The first-order valence-electron chi connectivity index (χ1n) is 6.09. The molecule has 0 N–H and O–H groups in total. The molecule has 1 aromatic carbocycles. The van der Waals surface area contributed by atoms with Gasteiger partial charge in [0, 0.05) is 24.0 Å². The topological polar surface area (TPSA) is 31.4 Å². The lowest BCUT2D eigenvalue weighted by atomic mass is 10.1. The van der Waals surface area contributed by atoms with Crippen LogP contribution in [0, 0.1) is 12.3 Å². The van der Waals surface area contributed by atoms with Gasteiger partial charge < -0.3 is 9.47 Å². The smallest absolute Gasteiger partial charge is 0.135 e. The summed E-state index contributed by atoms with van der Waals surface area (Å²) in [6, 6.07) is 7.52. The van der Waals surface area contributed by atoms with Crippen LogP contribution >= 0.6 is 0 Å². The highest BCUT2D eigenvalue weighted by molar-refractivity contribution is 5.74. The Balaban J connectivity index is 2.41. The minimum atomic E-state index is 0.655. The van der Waals surface area contributed by atoms with Crippen LogP contribution in [0.15, 0.2) is 36.7 Å². The first-order chi connectivity index (χ1) is 9.78. The van der Waals surface area contributed by atoms with Gasteiger partial charge in [0.05, 0.1) is 19.8 Å². The zero-order chi connectivity index (χ0) is 14.4. The second kappa shape index (κ2) is 6.44. The predicted octanol–water partition coefficient (Wildman–Crippen LogP) is 3.25. The van der Waals surface area contributed by atoms with E-state index in [-0.39, 0.29) is 0 Å². The Bertz CT molecular complexity index is 655. The number of pyridine rings is 1. The summed E-state index contributed by atoms with van der Waals surface area (Å²) in [6.07, 6.45) is 12.9. The third-order valence-electron chi connectivity index (χ3n) is 2.87. The molecule has 0 aliphatic heterocycles. The lowest BCUT2D eigenvalue weighted by Gasteiger charge is -2.10. The van der Waals surface area contributed by atoms with E-state index in [4.69, 9.17) is 15.9 Å². The molecule has 2 rings (SSSR count). The number of hydrogen-bond acceptors (Lipinski definition) is 3. The Morgan fingerprint density at radius 1 is 1.05 bits per heavy atom. The molecule has 0 atom stereocenters. The summed E-state index contributed by atoms with van der Waals surface area (Å²) < 4.78 is 10.6. The van der Waals surface area contributed by atoms with Crippen LogP contribution < -0.4 is 9.47 Å². The summed E-state index contributed by atoms with van der Waals surface area (Å²) in [5, 5.41) is 0. The van der Waals surface area contributed by atoms with Crippen molar-refractivity contribution in [1.82, 2.24) is 4.98 Å². The molecular formula is C17H15NO2. The molecule has 0 radical (unpaired) electrons. The van der Waals surface area contributed by atoms with Gasteiger partial charge in [-0.2, -0.15) is 0 Å². The first-order valence-corrected chi connectivity index (χ1v) is 6.09. The average Bonchev–Trinajstić information content (AvgIpc) is 2.52. The third kappa shape index (κ3) is 2.99. The van der Waals surface area contributed by atoms with Crippen LogP contribution in [0.2, 0.25) is 0 Å². The summed E-state index contributed by atoms with van der Waals surface area (Å²) in [7, 11) is 3.21. The van der Waals surface area contributed by atoms with Gasteiger partial charge in [-0.15, -0.1) is 6.42 Å². The molecular weight excluding hydrogens is 250 g/mol. The molecule has 20 heavy (non-hydrogen) atoms. The summed E-state index contributed by atoms with van der Waals surface area (Å²) >= 11 is 0. The molecule has 0 saturated carbocycles. The van der Waals surface area contributed by atoms with Crippen molar-refractivity contribution >= 4 is 12.2 Å². The second-order valence-corrected chi connectivity index (χ2v) is 4.05. The lowest BCUT2D eigenvalue weighted by Crippen LogP contribution is -1.93. The van der Waals surface area contributed by atoms with Gasteiger partial charge in [0.1, 0.15) is 11.5 Å². The fourth-order valence-corrected chi connectivity index (χ4v) is 1.82. The van der Waals surface area contributed by atoms with Gasteiger partial charge in [0.2, 0.25) is 0 Å². The van der Waals surface area contributed by atoms with Gasteiger partial charge in [0.25, 0.3) is 0 Å². The van der Waals surface area contributed by atoms with Crippen molar-refractivity contribution in [2.45, 2.75) is 0 Å². The minimum absolute atomic E-state index is 0.655. The second-order valence-electron chi connectivity index (χ2n) is 4.05. The highest BCUT2D eigenvalue weighted by Crippen LogP contribution is 2.29. The molecule has 0 bridgehead atoms. The number of ether oxygens (including phenoxy) is 2. The third-order valence-corrected chi connectivity index (χ3v) is 2.87. The molecule has 3 heteroatoms. The van der Waals surface area contributed by atoms with E-state index >= 15 is 0 Å². The summed E-state index contributed by atoms with van der Waals surface area (Å²) in [5.41, 5.74) is 2.63. The highest BCUT2D eigenvalue weighted by atomic mass is 16.5. The number of benzene rings is 1. The number of aromatic nitrogens is 1. The van der Waals surface area contributed by atoms with Crippen molar-refractivity contribution < 1.29 is 9.47 Å². The molecule has 3 nitrogen and oxygen atoms in total. The van der Waals surface area contributed by atoms with Crippen molar-refractivity contribution in [3.63, 3.8) is 0 Å². The molecule has 100 valence electrons. The van der Waals surface area contributed by atoms with E-state index in [1.807, 2.05) is 30.4 Å². The summed E-state index contributed by atoms with van der Waals surface area (Å²) in [4.78, 5) is 3.98. The van der Waals surface area contributed by atoms with Gasteiger partial charge in [-0.1, -0.05) is 18.1 Å². The Kier molecular flexibility index (Phi) is 4.41. The normalized spacial score (nSPS) is 10.2. The maximum Gasteiger partial charge on any atom is 0.135 e. The highest BCUT2D eigenvalue weighted by Gasteiger charge is 2.07. The van der Waals surface area contributed by atoms with Gasteiger partial charge >= 0.3 is 0 Å². The van der Waals surface area contributed by atoms with Crippen molar-refractivity contribution in [3.05, 3.63) is 53.3 Å². The number of terminal acetylenes is 1. The molecule has 0 saturated heterocycles. The van der Waals surface area contributed by atoms with Gasteiger partial charge in [-0.25, -0.2) is 0 Å². The van der Waals surface area contributed by atoms with E-state index < -0.39 is 0 Å². The van der Waals surface area contributed by atoms with Gasteiger partial charge in [-0.3, -0.25) is 4.98 Å². The minimum Gasteiger partial charge on any atom is -0.496 e. The molecule has 2 aromatic rings. The zero-order valence-electron chi connectivity index (χ0n) is 11.5. The number of rotatable bonds is 4. The van der Waals surface area contributed by atoms with Crippen molar-refractivity contribution in [2.24, 2.45) is 0 Å². The quantitative estimate of drug-likeness (QED) is 0.795. The molecule has 0 unspecified atom stereocenters. The molecule has 0 fully saturated rings. The molecule has 1 aromatic heterocycles. The van der Waals surface area contributed by atoms with Crippen LogP contribution in [0.3, 0.4) is 0 Å². The Morgan fingerprint density at radius 2 is 1.75 bits per heavy atom. The number of nitrogens with zero attached hydrogens (tertiary/aromatic N) is 1.